The van der Waals surface area contributed by atoms with E-state index in [2.05, 4.69) is 17.1 Å². The molecular weight excluding hydrogens is 140 g/mol. The number of rotatable bonds is 5. The van der Waals surface area contributed by atoms with E-state index in [1.54, 1.807) is 7.11 Å². The van der Waals surface area contributed by atoms with Gasteiger partial charge in [0.25, 0.3) is 0 Å². The van der Waals surface area contributed by atoms with E-state index in [1.165, 1.54) is 0 Å². The van der Waals surface area contributed by atoms with Crippen LogP contribution in [0.4, 0.5) is 0 Å². The van der Waals surface area contributed by atoms with Crippen molar-refractivity contribution in [1.29, 1.82) is 0 Å². The van der Waals surface area contributed by atoms with Gasteiger partial charge in [0.1, 0.15) is 0 Å². The Labute approximate surface area is 69.7 Å². The van der Waals surface area contributed by atoms with Crippen LogP contribution in [0.5, 0.6) is 0 Å². The summed E-state index contributed by atoms with van der Waals surface area (Å²) >= 11 is 0. The minimum atomic E-state index is -0.283. The summed E-state index contributed by atoms with van der Waals surface area (Å²) in [6.07, 6.45) is 2.10. The maximum absolute atomic E-state index is 5.40. The van der Waals surface area contributed by atoms with Gasteiger partial charge in [0.05, 0.1) is 0 Å². The first-order valence-corrected chi connectivity index (χ1v) is 4.04. The highest BCUT2D eigenvalue weighted by atomic mass is 16.5. The molecule has 0 rings (SSSR count). The molecule has 3 heteroatoms. The third-order valence-electron chi connectivity index (χ3n) is 2.04. The molecule has 0 amide bonds. The van der Waals surface area contributed by atoms with Crippen LogP contribution in [0.25, 0.3) is 0 Å². The standard InChI is InChI=1S/C8H20N2O/c1-6-7-8(9-2,11-5)10(3)4/h9H,6-7H2,1-5H3. The lowest BCUT2D eigenvalue weighted by atomic mass is 10.2. The Kier molecular flexibility index (Phi) is 4.65. The van der Waals surface area contributed by atoms with E-state index >= 15 is 0 Å². The summed E-state index contributed by atoms with van der Waals surface area (Å²) in [6.45, 7) is 2.15. The fourth-order valence-corrected chi connectivity index (χ4v) is 1.30. The maximum atomic E-state index is 5.40. The van der Waals surface area contributed by atoms with Crippen molar-refractivity contribution in [3.8, 4) is 0 Å². The lowest BCUT2D eigenvalue weighted by molar-refractivity contribution is -0.140. The first-order valence-electron chi connectivity index (χ1n) is 4.04. The van der Waals surface area contributed by atoms with Crippen LogP contribution in [0.1, 0.15) is 19.8 Å². The molecule has 0 aromatic rings. The predicted molar refractivity (Wildman–Crippen MR) is 47.4 cm³/mol. The van der Waals surface area contributed by atoms with Crippen molar-refractivity contribution in [3.63, 3.8) is 0 Å². The van der Waals surface area contributed by atoms with Gasteiger partial charge >= 0.3 is 0 Å². The zero-order valence-corrected chi connectivity index (χ0v) is 8.27. The van der Waals surface area contributed by atoms with Gasteiger partial charge < -0.3 is 4.74 Å². The van der Waals surface area contributed by atoms with E-state index in [0.29, 0.717) is 0 Å². The van der Waals surface area contributed by atoms with Crippen molar-refractivity contribution in [1.82, 2.24) is 10.2 Å². The second-order valence-corrected chi connectivity index (χ2v) is 2.88. The molecule has 1 N–H and O–H groups in total. The summed E-state index contributed by atoms with van der Waals surface area (Å²) in [6, 6.07) is 0. The van der Waals surface area contributed by atoms with Crippen LogP contribution in [0.2, 0.25) is 0 Å². The largest absolute Gasteiger partial charge is 0.350 e. The molecule has 0 bridgehead atoms. The molecule has 0 radical (unpaired) electrons. The van der Waals surface area contributed by atoms with Crippen molar-refractivity contribution >= 4 is 0 Å². The summed E-state index contributed by atoms with van der Waals surface area (Å²) in [5, 5.41) is 3.17. The van der Waals surface area contributed by atoms with Crippen molar-refractivity contribution in [2.75, 3.05) is 28.3 Å². The van der Waals surface area contributed by atoms with Crippen molar-refractivity contribution < 1.29 is 4.74 Å². The molecule has 1 atom stereocenters. The van der Waals surface area contributed by atoms with Gasteiger partial charge in [-0.2, -0.15) is 0 Å². The lowest BCUT2D eigenvalue weighted by Gasteiger charge is -2.37. The van der Waals surface area contributed by atoms with Gasteiger partial charge in [-0.15, -0.1) is 0 Å². The Morgan fingerprint density at radius 1 is 1.45 bits per heavy atom. The number of hydrogen-bond acceptors (Lipinski definition) is 3. The van der Waals surface area contributed by atoms with Crippen LogP contribution in [0.3, 0.4) is 0 Å². The third kappa shape index (κ3) is 2.43. The van der Waals surface area contributed by atoms with Gasteiger partial charge in [0, 0.05) is 13.5 Å². The van der Waals surface area contributed by atoms with Crippen molar-refractivity contribution in [2.45, 2.75) is 25.6 Å². The topological polar surface area (TPSA) is 24.5 Å². The van der Waals surface area contributed by atoms with Crippen LogP contribution in [-0.4, -0.2) is 39.0 Å². The number of nitrogens with zero attached hydrogens (tertiary/aromatic N) is 1. The Morgan fingerprint density at radius 2 is 2.00 bits per heavy atom. The average molecular weight is 160 g/mol. The van der Waals surface area contributed by atoms with E-state index in [4.69, 9.17) is 4.74 Å². The molecule has 0 aliphatic carbocycles. The molecule has 0 saturated heterocycles. The molecule has 0 fully saturated rings. The molecule has 0 aromatic carbocycles. The number of ether oxygens (including phenoxy) is 1. The molecule has 0 aromatic heterocycles. The van der Waals surface area contributed by atoms with Gasteiger partial charge in [0.2, 0.25) is 0 Å². The summed E-state index contributed by atoms with van der Waals surface area (Å²) in [5.41, 5.74) is 0. The zero-order valence-electron chi connectivity index (χ0n) is 8.27. The summed E-state index contributed by atoms with van der Waals surface area (Å²) in [4.78, 5) is 2.05. The Balaban J connectivity index is 4.20. The summed E-state index contributed by atoms with van der Waals surface area (Å²) < 4.78 is 5.40. The predicted octanol–water partition coefficient (Wildman–Crippen LogP) is 0.868. The normalized spacial score (nSPS) is 16.9. The molecule has 68 valence electrons. The third-order valence-corrected chi connectivity index (χ3v) is 2.04. The number of hydrogen-bond donors (Lipinski definition) is 1. The molecule has 0 spiro atoms. The van der Waals surface area contributed by atoms with Crippen LogP contribution < -0.4 is 5.32 Å². The average Bonchev–Trinajstić information content (AvgIpc) is 2.00. The van der Waals surface area contributed by atoms with Crippen LogP contribution in [-0.2, 0) is 4.74 Å². The Hall–Kier alpha value is -0.120. The molecule has 0 aliphatic heterocycles. The van der Waals surface area contributed by atoms with Crippen LogP contribution in [0.15, 0.2) is 0 Å². The Morgan fingerprint density at radius 3 is 2.09 bits per heavy atom. The Bertz CT molecular complexity index is 100. The molecule has 0 saturated carbocycles. The molecule has 11 heavy (non-hydrogen) atoms. The minimum absolute atomic E-state index is 0.283. The first kappa shape index (κ1) is 10.9. The fraction of sp³-hybridized carbons (Fsp3) is 1.00. The van der Waals surface area contributed by atoms with Crippen LogP contribution >= 0.6 is 0 Å². The quantitative estimate of drug-likeness (QED) is 0.604. The molecule has 1 unspecified atom stereocenters. The zero-order chi connectivity index (χ0) is 8.91. The van der Waals surface area contributed by atoms with Gasteiger partial charge in [-0.1, -0.05) is 13.3 Å². The van der Waals surface area contributed by atoms with E-state index in [-0.39, 0.29) is 5.85 Å². The number of methoxy groups -OCH3 is 1. The van der Waals surface area contributed by atoms with Crippen molar-refractivity contribution in [3.05, 3.63) is 0 Å². The van der Waals surface area contributed by atoms with Gasteiger partial charge in [0.15, 0.2) is 5.85 Å². The van der Waals surface area contributed by atoms with E-state index < -0.39 is 0 Å². The highest BCUT2D eigenvalue weighted by Crippen LogP contribution is 2.15. The smallest absolute Gasteiger partial charge is 0.176 e. The van der Waals surface area contributed by atoms with Gasteiger partial charge in [-0.3, -0.25) is 10.2 Å². The van der Waals surface area contributed by atoms with Gasteiger partial charge in [-0.05, 0) is 21.1 Å². The monoisotopic (exact) mass is 160 g/mol. The number of nitrogens with one attached hydrogen (secondary N) is 1. The molecule has 0 heterocycles. The maximum Gasteiger partial charge on any atom is 0.176 e. The van der Waals surface area contributed by atoms with E-state index in [1.807, 2.05) is 21.1 Å². The molecule has 0 aliphatic rings. The summed E-state index contributed by atoms with van der Waals surface area (Å²) in [7, 11) is 7.66. The van der Waals surface area contributed by atoms with E-state index in [0.717, 1.165) is 12.8 Å². The van der Waals surface area contributed by atoms with Gasteiger partial charge in [-0.25, -0.2) is 0 Å². The highest BCUT2D eigenvalue weighted by Gasteiger charge is 2.28. The minimum Gasteiger partial charge on any atom is -0.350 e. The fourth-order valence-electron chi connectivity index (χ4n) is 1.30. The van der Waals surface area contributed by atoms with Crippen molar-refractivity contribution in [2.24, 2.45) is 0 Å². The van der Waals surface area contributed by atoms with Crippen LogP contribution in [0, 0.1) is 0 Å². The lowest BCUT2D eigenvalue weighted by Crippen LogP contribution is -2.55. The second-order valence-electron chi connectivity index (χ2n) is 2.88. The highest BCUT2D eigenvalue weighted by molar-refractivity contribution is 4.71. The first-order chi connectivity index (χ1) is 5.13. The molecular formula is C8H20N2O. The van der Waals surface area contributed by atoms with E-state index in [9.17, 15) is 0 Å². The second kappa shape index (κ2) is 4.70. The SMILES string of the molecule is CCCC(NC)(OC)N(C)C. The summed E-state index contributed by atoms with van der Waals surface area (Å²) in [5.74, 6) is -0.283. The molecule has 3 nitrogen and oxygen atoms in total.